The molecule has 2 aromatic rings. The molecule has 4 nitrogen and oxygen atoms in total. The summed E-state index contributed by atoms with van der Waals surface area (Å²) in [5, 5.41) is 0. The summed E-state index contributed by atoms with van der Waals surface area (Å²) in [7, 11) is -12.9. The largest absolute Gasteiger partial charge is 0.466 e. The SMILES string of the molecule is C[Si](C)(C)O[Si](C)(C)C[Si](C)(C)O[Si](C)(O[Si](C)(C)Cc1ccccc1)O[Si](C)(C)Cc1ccccc1. The van der Waals surface area contributed by atoms with Gasteiger partial charge in [-0.1, -0.05) is 60.7 Å². The molecule has 0 aliphatic carbocycles. The van der Waals surface area contributed by atoms with E-state index in [1.165, 1.54) is 11.1 Å². The van der Waals surface area contributed by atoms with Crippen molar-refractivity contribution < 1.29 is 16.5 Å². The molecule has 10 heteroatoms. The standard InChI is InChI=1S/C27H52O4Si6/c1-32(2,3)28-35(8,9)25-36(10,11)31-37(12,29-33(4,5)23-26-19-15-13-16-20-26)30-34(6,7)24-27-21-17-14-18-22-27/h13-22H,23-25H2,1-12H3. The number of benzene rings is 2. The first-order valence-corrected chi connectivity index (χ1v) is 31.7. The molecule has 0 heterocycles. The van der Waals surface area contributed by atoms with Crippen molar-refractivity contribution in [3.05, 3.63) is 71.8 Å². The van der Waals surface area contributed by atoms with Crippen molar-refractivity contribution in [1.82, 2.24) is 0 Å². The molecule has 0 saturated carbocycles. The molecule has 2 aromatic carbocycles. The van der Waals surface area contributed by atoms with E-state index in [1.54, 1.807) is 0 Å². The second kappa shape index (κ2) is 12.4. The van der Waals surface area contributed by atoms with Crippen molar-refractivity contribution in [3.8, 4) is 0 Å². The molecule has 0 atom stereocenters. The lowest BCUT2D eigenvalue weighted by Crippen LogP contribution is -2.62. The topological polar surface area (TPSA) is 36.9 Å². The van der Waals surface area contributed by atoms with Gasteiger partial charge in [0.05, 0.1) is 0 Å². The molecule has 208 valence electrons. The van der Waals surface area contributed by atoms with Crippen molar-refractivity contribution in [2.75, 3.05) is 0 Å². The molecule has 0 saturated heterocycles. The van der Waals surface area contributed by atoms with Gasteiger partial charge in [-0.2, -0.15) is 0 Å². The maximum atomic E-state index is 7.20. The number of hydrogen-bond acceptors (Lipinski definition) is 4. The maximum absolute atomic E-state index is 7.20. The Morgan fingerprint density at radius 3 is 1.11 bits per heavy atom. The Morgan fingerprint density at radius 1 is 0.432 bits per heavy atom. The van der Waals surface area contributed by atoms with Crippen LogP contribution in [0.1, 0.15) is 11.1 Å². The van der Waals surface area contributed by atoms with Crippen LogP contribution in [0.3, 0.4) is 0 Å². The highest BCUT2D eigenvalue weighted by Gasteiger charge is 2.50. The van der Waals surface area contributed by atoms with Gasteiger partial charge < -0.3 is 16.5 Å². The molecule has 0 N–H and O–H groups in total. The Balaban J connectivity index is 2.32. The normalized spacial score (nSPS) is 14.2. The fourth-order valence-electron chi connectivity index (χ4n) is 5.74. The van der Waals surface area contributed by atoms with Crippen LogP contribution in [0.4, 0.5) is 0 Å². The van der Waals surface area contributed by atoms with Crippen LogP contribution in [-0.2, 0) is 28.5 Å². The lowest BCUT2D eigenvalue weighted by Gasteiger charge is -2.45. The molecule has 0 unspecified atom stereocenters. The van der Waals surface area contributed by atoms with Crippen molar-refractivity contribution >= 4 is 50.4 Å². The van der Waals surface area contributed by atoms with E-state index >= 15 is 0 Å². The first-order valence-electron chi connectivity index (χ1n) is 13.6. The summed E-state index contributed by atoms with van der Waals surface area (Å²) in [6.07, 6.45) is 0. The van der Waals surface area contributed by atoms with Gasteiger partial charge in [0.1, 0.15) is 0 Å². The van der Waals surface area contributed by atoms with E-state index in [9.17, 15) is 0 Å². The Morgan fingerprint density at radius 2 is 0.757 bits per heavy atom. The van der Waals surface area contributed by atoms with Gasteiger partial charge in [0.15, 0.2) is 41.6 Å². The number of rotatable bonds is 14. The van der Waals surface area contributed by atoms with Crippen LogP contribution in [-0.4, -0.2) is 50.4 Å². The van der Waals surface area contributed by atoms with E-state index in [-0.39, 0.29) is 0 Å². The minimum Gasteiger partial charge on any atom is -0.456 e. The predicted molar refractivity (Wildman–Crippen MR) is 174 cm³/mol. The second-order valence-electron chi connectivity index (χ2n) is 13.9. The first-order chi connectivity index (χ1) is 16.7. The van der Waals surface area contributed by atoms with Crippen LogP contribution < -0.4 is 0 Å². The fourth-order valence-corrected chi connectivity index (χ4v) is 39.1. The zero-order chi connectivity index (χ0) is 28.2. The van der Waals surface area contributed by atoms with E-state index in [0.717, 1.165) is 17.8 Å². The average Bonchev–Trinajstić information content (AvgIpc) is 2.63. The Labute approximate surface area is 234 Å². The molecule has 2 rings (SSSR count). The monoisotopic (exact) mass is 608 g/mol. The first kappa shape index (κ1) is 32.8. The van der Waals surface area contributed by atoms with Crippen molar-refractivity contribution in [1.29, 1.82) is 0 Å². The zero-order valence-electron chi connectivity index (χ0n) is 25.5. The van der Waals surface area contributed by atoms with Gasteiger partial charge in [0.25, 0.3) is 0 Å². The maximum Gasteiger partial charge on any atom is 0.466 e. The highest BCUT2D eigenvalue weighted by molar-refractivity contribution is 6.97. The Bertz CT molecular complexity index is 920. The molecule has 0 radical (unpaired) electrons. The summed E-state index contributed by atoms with van der Waals surface area (Å²) in [6, 6.07) is 23.3. The zero-order valence-corrected chi connectivity index (χ0v) is 31.5. The van der Waals surface area contributed by atoms with Gasteiger partial charge in [-0.15, -0.1) is 0 Å². The van der Waals surface area contributed by atoms with Gasteiger partial charge in [-0.3, -0.25) is 0 Å². The van der Waals surface area contributed by atoms with Crippen molar-refractivity contribution in [2.45, 2.75) is 96.3 Å². The van der Waals surface area contributed by atoms with Crippen molar-refractivity contribution in [3.63, 3.8) is 0 Å². The Hall–Kier alpha value is -0.419. The molecule has 0 aliphatic rings. The molecule has 0 bridgehead atoms. The van der Waals surface area contributed by atoms with Gasteiger partial charge in [-0.05, 0) is 101 Å². The van der Waals surface area contributed by atoms with E-state index in [0.29, 0.717) is 0 Å². The predicted octanol–water partition coefficient (Wildman–Crippen LogP) is 8.38. The number of hydrogen-bond donors (Lipinski definition) is 0. The van der Waals surface area contributed by atoms with Crippen LogP contribution in [0.25, 0.3) is 0 Å². The molecular formula is C27H52O4Si6. The summed E-state index contributed by atoms with van der Waals surface area (Å²) in [4.78, 5) is 0. The lowest BCUT2D eigenvalue weighted by molar-refractivity contribution is 0.258. The summed E-state index contributed by atoms with van der Waals surface area (Å²) in [6.45, 7) is 27.7. The van der Waals surface area contributed by atoms with Crippen LogP contribution in [0.15, 0.2) is 60.7 Å². The van der Waals surface area contributed by atoms with Gasteiger partial charge >= 0.3 is 8.80 Å². The molecule has 0 spiro atoms. The summed E-state index contributed by atoms with van der Waals surface area (Å²) in [5.41, 5.74) is 3.69. The smallest absolute Gasteiger partial charge is 0.456 e. The minimum absolute atomic E-state index is 0.949. The van der Waals surface area contributed by atoms with Gasteiger partial charge in [0.2, 0.25) is 0 Å². The highest BCUT2D eigenvalue weighted by atomic mass is 28.5. The van der Waals surface area contributed by atoms with Crippen LogP contribution in [0.5, 0.6) is 0 Å². The third kappa shape index (κ3) is 13.0. The van der Waals surface area contributed by atoms with E-state index < -0.39 is 50.4 Å². The summed E-state index contributed by atoms with van der Waals surface area (Å²) >= 11 is 0. The van der Waals surface area contributed by atoms with Gasteiger partial charge in [-0.25, -0.2) is 0 Å². The van der Waals surface area contributed by atoms with E-state index in [2.05, 4.69) is 139 Å². The third-order valence-electron chi connectivity index (χ3n) is 5.76. The van der Waals surface area contributed by atoms with Crippen LogP contribution in [0, 0.1) is 0 Å². The quantitative estimate of drug-likeness (QED) is 0.202. The van der Waals surface area contributed by atoms with Crippen LogP contribution >= 0.6 is 0 Å². The minimum atomic E-state index is -2.96. The Kier molecular flexibility index (Phi) is 11.0. The molecular weight excluding hydrogens is 557 g/mol. The summed E-state index contributed by atoms with van der Waals surface area (Å²) < 4.78 is 28.2. The molecule has 0 aliphatic heterocycles. The second-order valence-corrected chi connectivity index (χ2v) is 39.3. The lowest BCUT2D eigenvalue weighted by atomic mass is 10.2. The van der Waals surface area contributed by atoms with E-state index in [4.69, 9.17) is 16.5 Å². The molecule has 0 aromatic heterocycles. The van der Waals surface area contributed by atoms with Gasteiger partial charge in [0, 0.05) is 6.55 Å². The highest BCUT2D eigenvalue weighted by Crippen LogP contribution is 2.32. The molecule has 0 amide bonds. The fraction of sp³-hybridized carbons (Fsp3) is 0.556. The van der Waals surface area contributed by atoms with Crippen molar-refractivity contribution in [2.24, 2.45) is 0 Å². The molecule has 37 heavy (non-hydrogen) atoms. The summed E-state index contributed by atoms with van der Waals surface area (Å²) in [5.74, 6) is 0. The third-order valence-corrected chi connectivity index (χ3v) is 30.8. The average molecular weight is 609 g/mol. The van der Waals surface area contributed by atoms with E-state index in [1.807, 2.05) is 0 Å². The molecule has 0 fully saturated rings. The van der Waals surface area contributed by atoms with Crippen LogP contribution in [0.2, 0.25) is 84.2 Å².